The number of hydrogen-bond donors (Lipinski definition) is 2. The molecule has 2 rings (SSSR count). The van der Waals surface area contributed by atoms with Crippen molar-refractivity contribution in [3.05, 3.63) is 47.8 Å². The van der Waals surface area contributed by atoms with Crippen molar-refractivity contribution in [2.75, 3.05) is 34.2 Å². The molecule has 11 heteroatoms. The molecule has 1 heterocycles. The van der Waals surface area contributed by atoms with Gasteiger partial charge < -0.3 is 20.3 Å². The van der Waals surface area contributed by atoms with E-state index in [4.69, 9.17) is 4.74 Å². The highest BCUT2D eigenvalue weighted by Crippen LogP contribution is 2.31. The molecule has 2 atom stereocenters. The van der Waals surface area contributed by atoms with E-state index in [0.29, 0.717) is 25.5 Å². The van der Waals surface area contributed by atoms with Crippen molar-refractivity contribution in [2.24, 2.45) is 12.0 Å². The number of guanidine groups is 1. The first-order valence-electron chi connectivity index (χ1n) is 10.1. The third-order valence-electron chi connectivity index (χ3n) is 4.84. The van der Waals surface area contributed by atoms with Crippen LogP contribution in [0.3, 0.4) is 0 Å². The number of hydrogen-bond acceptors (Lipinski definition) is 4. The number of alkyl halides is 3. The van der Waals surface area contributed by atoms with Crippen molar-refractivity contribution >= 4 is 29.9 Å². The second kappa shape index (κ2) is 12.9. The van der Waals surface area contributed by atoms with Crippen molar-refractivity contribution in [3.63, 3.8) is 0 Å². The average Bonchev–Trinajstić information content (AvgIpc) is 3.14. The largest absolute Gasteiger partial charge is 0.489 e. The standard InChI is InChI=1S/C21H31F3N6O.HI/c1-6-17(31-18-9-7-8-16(10-18)21(22,23)24)12-26-20(25-2)27-13-19(29(3)4)15-11-28-30(5)14-15;/h7-11,14,17,19H,6,12-13H2,1-5H3,(H2,25,26,27);1H. The molecule has 1 aromatic heterocycles. The highest BCUT2D eigenvalue weighted by molar-refractivity contribution is 14.0. The fraction of sp³-hybridized carbons (Fsp3) is 0.524. The smallest absolute Gasteiger partial charge is 0.416 e. The zero-order valence-corrected chi connectivity index (χ0v) is 21.3. The van der Waals surface area contributed by atoms with Gasteiger partial charge in [-0.25, -0.2) is 0 Å². The maximum atomic E-state index is 12.9. The molecular formula is C21H32F3IN6O. The number of nitrogens with one attached hydrogen (secondary N) is 2. The predicted molar refractivity (Wildman–Crippen MR) is 131 cm³/mol. The molecule has 0 aliphatic carbocycles. The predicted octanol–water partition coefficient (Wildman–Crippen LogP) is 3.68. The van der Waals surface area contributed by atoms with Gasteiger partial charge in [-0.15, -0.1) is 24.0 Å². The van der Waals surface area contributed by atoms with Gasteiger partial charge in [0.2, 0.25) is 0 Å². The Morgan fingerprint density at radius 3 is 2.47 bits per heavy atom. The number of likely N-dealkylation sites (N-methyl/N-ethyl adjacent to an activating group) is 1. The molecule has 0 saturated carbocycles. The summed E-state index contributed by atoms with van der Waals surface area (Å²) in [5.74, 6) is 0.775. The summed E-state index contributed by atoms with van der Waals surface area (Å²) in [7, 11) is 7.52. The number of aryl methyl sites for hydroxylation is 1. The van der Waals surface area contributed by atoms with Crippen LogP contribution in [0.4, 0.5) is 13.2 Å². The van der Waals surface area contributed by atoms with Crippen LogP contribution >= 0.6 is 24.0 Å². The molecule has 0 saturated heterocycles. The molecule has 180 valence electrons. The molecule has 0 aliphatic rings. The molecule has 7 nitrogen and oxygen atoms in total. The molecular weight excluding hydrogens is 536 g/mol. The van der Waals surface area contributed by atoms with E-state index >= 15 is 0 Å². The van der Waals surface area contributed by atoms with E-state index < -0.39 is 11.7 Å². The van der Waals surface area contributed by atoms with Gasteiger partial charge in [-0.3, -0.25) is 9.67 Å². The number of aliphatic imine (C=N–C) groups is 1. The van der Waals surface area contributed by atoms with Crippen molar-refractivity contribution in [2.45, 2.75) is 31.7 Å². The van der Waals surface area contributed by atoms with Gasteiger partial charge >= 0.3 is 6.18 Å². The fourth-order valence-electron chi connectivity index (χ4n) is 3.04. The Labute approximate surface area is 204 Å². The molecule has 0 fully saturated rings. The maximum absolute atomic E-state index is 12.9. The van der Waals surface area contributed by atoms with Gasteiger partial charge in [0, 0.05) is 32.4 Å². The molecule has 0 spiro atoms. The quantitative estimate of drug-likeness (QED) is 0.275. The Bertz CT molecular complexity index is 856. The van der Waals surface area contributed by atoms with Crippen molar-refractivity contribution in [3.8, 4) is 5.75 Å². The van der Waals surface area contributed by atoms with Crippen molar-refractivity contribution in [1.82, 2.24) is 25.3 Å². The summed E-state index contributed by atoms with van der Waals surface area (Å²) in [6.07, 6.45) is -0.291. The van der Waals surface area contributed by atoms with Crippen molar-refractivity contribution in [1.29, 1.82) is 0 Å². The Balaban J connectivity index is 0.00000512. The lowest BCUT2D eigenvalue weighted by Gasteiger charge is -2.25. The van der Waals surface area contributed by atoms with Crippen LogP contribution in [0.15, 0.2) is 41.7 Å². The first kappa shape index (κ1) is 28.0. The SMILES string of the molecule is CCC(CNC(=NC)NCC(c1cnn(C)c1)N(C)C)Oc1cccc(C(F)(F)F)c1.I. The van der Waals surface area contributed by atoms with Crippen LogP contribution in [-0.2, 0) is 13.2 Å². The second-order valence-corrected chi connectivity index (χ2v) is 7.43. The third kappa shape index (κ3) is 8.49. The van der Waals surface area contributed by atoms with E-state index in [0.717, 1.165) is 17.7 Å². The lowest BCUT2D eigenvalue weighted by Crippen LogP contribution is -2.45. The topological polar surface area (TPSA) is 66.7 Å². The summed E-state index contributed by atoms with van der Waals surface area (Å²) in [4.78, 5) is 6.31. The summed E-state index contributed by atoms with van der Waals surface area (Å²) < 4.78 is 46.3. The Morgan fingerprint density at radius 2 is 1.94 bits per heavy atom. The molecule has 0 aliphatic heterocycles. The van der Waals surface area contributed by atoms with Crippen LogP contribution in [0.2, 0.25) is 0 Å². The first-order chi connectivity index (χ1) is 14.6. The third-order valence-corrected chi connectivity index (χ3v) is 4.84. The molecule has 1 aromatic carbocycles. The summed E-state index contributed by atoms with van der Waals surface area (Å²) in [5.41, 5.74) is 0.352. The van der Waals surface area contributed by atoms with Gasteiger partial charge in [0.05, 0.1) is 24.3 Å². The fourth-order valence-corrected chi connectivity index (χ4v) is 3.04. The van der Waals surface area contributed by atoms with E-state index in [2.05, 4.69) is 25.6 Å². The normalized spacial score (nSPS) is 14.0. The molecule has 2 unspecified atom stereocenters. The highest BCUT2D eigenvalue weighted by atomic mass is 127. The van der Waals surface area contributed by atoms with Crippen LogP contribution in [0.5, 0.6) is 5.75 Å². The number of rotatable bonds is 9. The second-order valence-electron chi connectivity index (χ2n) is 7.43. The number of ether oxygens (including phenoxy) is 1. The minimum atomic E-state index is -4.40. The van der Waals surface area contributed by atoms with Gasteiger partial charge in [-0.2, -0.15) is 18.3 Å². The molecule has 2 aromatic rings. The Hall–Kier alpha value is -2.02. The van der Waals surface area contributed by atoms with E-state index in [1.54, 1.807) is 11.7 Å². The first-order valence-corrected chi connectivity index (χ1v) is 10.1. The van der Waals surface area contributed by atoms with Gasteiger partial charge in [0.15, 0.2) is 5.96 Å². The molecule has 32 heavy (non-hydrogen) atoms. The zero-order valence-electron chi connectivity index (χ0n) is 19.0. The Morgan fingerprint density at radius 1 is 1.25 bits per heavy atom. The summed E-state index contributed by atoms with van der Waals surface area (Å²) in [5, 5.41) is 10.7. The van der Waals surface area contributed by atoms with Crippen LogP contribution in [0.1, 0.15) is 30.5 Å². The minimum Gasteiger partial charge on any atom is -0.489 e. The van der Waals surface area contributed by atoms with Gasteiger partial charge in [-0.05, 0) is 38.7 Å². The number of halogens is 4. The van der Waals surface area contributed by atoms with Gasteiger partial charge in [0.1, 0.15) is 11.9 Å². The highest BCUT2D eigenvalue weighted by Gasteiger charge is 2.30. The zero-order chi connectivity index (χ0) is 23.0. The lowest BCUT2D eigenvalue weighted by atomic mass is 10.1. The number of benzene rings is 1. The van der Waals surface area contributed by atoms with Gasteiger partial charge in [0.25, 0.3) is 0 Å². The number of aromatic nitrogens is 2. The molecule has 0 bridgehead atoms. The van der Waals surface area contributed by atoms with Crippen LogP contribution < -0.4 is 15.4 Å². The molecule has 0 radical (unpaired) electrons. The van der Waals surface area contributed by atoms with E-state index in [9.17, 15) is 13.2 Å². The van der Waals surface area contributed by atoms with Crippen LogP contribution in [0.25, 0.3) is 0 Å². The monoisotopic (exact) mass is 568 g/mol. The van der Waals surface area contributed by atoms with Crippen molar-refractivity contribution < 1.29 is 17.9 Å². The average molecular weight is 568 g/mol. The minimum absolute atomic E-state index is 0. The van der Waals surface area contributed by atoms with Crippen LogP contribution in [-0.4, -0.2) is 61.0 Å². The Kier molecular flexibility index (Phi) is 11.3. The number of nitrogens with zero attached hydrogens (tertiary/aromatic N) is 4. The summed E-state index contributed by atoms with van der Waals surface area (Å²) in [6, 6.07) is 5.02. The summed E-state index contributed by atoms with van der Waals surface area (Å²) >= 11 is 0. The van der Waals surface area contributed by atoms with E-state index in [-0.39, 0.29) is 41.9 Å². The molecule has 0 amide bonds. The lowest BCUT2D eigenvalue weighted by molar-refractivity contribution is -0.137. The van der Waals surface area contributed by atoms with Gasteiger partial charge in [-0.1, -0.05) is 13.0 Å². The summed E-state index contributed by atoms with van der Waals surface area (Å²) in [6.45, 7) is 2.91. The maximum Gasteiger partial charge on any atom is 0.416 e. The van der Waals surface area contributed by atoms with E-state index in [1.807, 2.05) is 40.5 Å². The molecule has 2 N–H and O–H groups in total. The van der Waals surface area contributed by atoms with Crippen LogP contribution in [0, 0.1) is 0 Å². The van der Waals surface area contributed by atoms with E-state index in [1.165, 1.54) is 12.1 Å².